The molecule has 0 spiro atoms. The maximum atomic E-state index is 10.3. The molecule has 0 fully saturated rings. The van der Waals surface area contributed by atoms with Gasteiger partial charge < -0.3 is 5.11 Å². The van der Waals surface area contributed by atoms with Crippen LogP contribution in [0.25, 0.3) is 0 Å². The number of aliphatic hydroxyl groups is 1. The molecule has 2 rings (SSSR count). The Bertz CT molecular complexity index is 499. The molecule has 88 valence electrons. The van der Waals surface area contributed by atoms with E-state index in [-0.39, 0.29) is 0 Å². The molecule has 0 aliphatic carbocycles. The topological polar surface area (TPSA) is 33.1 Å². The summed E-state index contributed by atoms with van der Waals surface area (Å²) in [6, 6.07) is 13.5. The Kier molecular flexibility index (Phi) is 3.82. The van der Waals surface area contributed by atoms with E-state index in [2.05, 4.69) is 4.98 Å². The van der Waals surface area contributed by atoms with Crippen LogP contribution in [0.4, 0.5) is 0 Å². The van der Waals surface area contributed by atoms with E-state index in [1.165, 1.54) is 0 Å². The van der Waals surface area contributed by atoms with Crippen molar-refractivity contribution in [2.24, 2.45) is 0 Å². The predicted molar refractivity (Wildman–Crippen MR) is 71.3 cm³/mol. The van der Waals surface area contributed by atoms with Gasteiger partial charge in [-0.3, -0.25) is 0 Å². The molecule has 0 aliphatic rings. The summed E-state index contributed by atoms with van der Waals surface area (Å²) in [5.41, 5.74) is 2.65. The van der Waals surface area contributed by atoms with E-state index in [0.29, 0.717) is 0 Å². The van der Waals surface area contributed by atoms with E-state index in [1.54, 1.807) is 11.8 Å². The average molecular weight is 245 g/mol. The van der Waals surface area contributed by atoms with E-state index in [1.807, 2.05) is 55.6 Å². The van der Waals surface area contributed by atoms with Gasteiger partial charge in [0.05, 0.1) is 5.03 Å². The van der Waals surface area contributed by atoms with Crippen LogP contribution in [0.3, 0.4) is 0 Å². The predicted octanol–water partition coefficient (Wildman–Crippen LogP) is 3.19. The number of rotatable bonds is 3. The molecular formula is C14H15NOS. The van der Waals surface area contributed by atoms with Gasteiger partial charge in [0.15, 0.2) is 0 Å². The van der Waals surface area contributed by atoms with Crippen molar-refractivity contribution in [3.8, 4) is 0 Å². The van der Waals surface area contributed by atoms with Crippen LogP contribution in [0.2, 0.25) is 0 Å². The molecule has 3 heteroatoms. The maximum Gasteiger partial charge on any atom is 0.106 e. The van der Waals surface area contributed by atoms with Crippen molar-refractivity contribution in [2.45, 2.75) is 18.1 Å². The van der Waals surface area contributed by atoms with Crippen molar-refractivity contribution in [1.29, 1.82) is 0 Å². The van der Waals surface area contributed by atoms with Gasteiger partial charge in [0.1, 0.15) is 6.10 Å². The second-order valence-electron chi connectivity index (χ2n) is 3.84. The number of aryl methyl sites for hydroxylation is 1. The minimum atomic E-state index is -0.598. The molecule has 17 heavy (non-hydrogen) atoms. The van der Waals surface area contributed by atoms with Gasteiger partial charge in [-0.05, 0) is 24.8 Å². The molecule has 1 heterocycles. The van der Waals surface area contributed by atoms with E-state index in [9.17, 15) is 5.11 Å². The minimum absolute atomic E-state index is 0.598. The van der Waals surface area contributed by atoms with Crippen LogP contribution in [0.5, 0.6) is 0 Å². The van der Waals surface area contributed by atoms with Crippen molar-refractivity contribution in [1.82, 2.24) is 4.98 Å². The lowest BCUT2D eigenvalue weighted by Gasteiger charge is -2.14. The minimum Gasteiger partial charge on any atom is -0.384 e. The van der Waals surface area contributed by atoms with Crippen molar-refractivity contribution < 1.29 is 5.11 Å². The van der Waals surface area contributed by atoms with Crippen molar-refractivity contribution >= 4 is 11.8 Å². The summed E-state index contributed by atoms with van der Waals surface area (Å²) < 4.78 is 0. The largest absolute Gasteiger partial charge is 0.384 e. The summed E-state index contributed by atoms with van der Waals surface area (Å²) in [5, 5.41) is 11.3. The van der Waals surface area contributed by atoms with Gasteiger partial charge in [0.25, 0.3) is 0 Å². The molecule has 2 aromatic rings. The molecule has 0 bridgehead atoms. The second-order valence-corrected chi connectivity index (χ2v) is 4.67. The van der Waals surface area contributed by atoms with Gasteiger partial charge in [0.2, 0.25) is 0 Å². The van der Waals surface area contributed by atoms with Crippen LogP contribution in [-0.4, -0.2) is 16.3 Å². The molecule has 0 amide bonds. The first-order valence-electron chi connectivity index (χ1n) is 5.47. The molecule has 1 atom stereocenters. The fourth-order valence-corrected chi connectivity index (χ4v) is 2.20. The number of thioether (sulfide) groups is 1. The highest BCUT2D eigenvalue weighted by Crippen LogP contribution is 2.25. The zero-order valence-corrected chi connectivity index (χ0v) is 10.7. The smallest absolute Gasteiger partial charge is 0.106 e. The fraction of sp³-hybridized carbons (Fsp3) is 0.214. The quantitative estimate of drug-likeness (QED) is 0.843. The van der Waals surface area contributed by atoms with E-state index >= 15 is 0 Å². The first-order valence-corrected chi connectivity index (χ1v) is 6.69. The Morgan fingerprint density at radius 3 is 2.41 bits per heavy atom. The highest BCUT2D eigenvalue weighted by Gasteiger charge is 2.13. The van der Waals surface area contributed by atoms with Crippen LogP contribution in [0.1, 0.15) is 22.9 Å². The molecule has 1 aromatic heterocycles. The van der Waals surface area contributed by atoms with Gasteiger partial charge in [-0.15, -0.1) is 11.8 Å². The van der Waals surface area contributed by atoms with Gasteiger partial charge >= 0.3 is 0 Å². The van der Waals surface area contributed by atoms with Gasteiger partial charge in [-0.1, -0.05) is 36.4 Å². The van der Waals surface area contributed by atoms with Crippen LogP contribution in [0, 0.1) is 6.92 Å². The molecule has 1 N–H and O–H groups in total. The molecule has 2 nitrogen and oxygen atoms in total. The monoisotopic (exact) mass is 245 g/mol. The third kappa shape index (κ3) is 2.68. The number of aliphatic hydroxyl groups excluding tert-OH is 1. The molecule has 1 aromatic carbocycles. The van der Waals surface area contributed by atoms with Gasteiger partial charge in [-0.25, -0.2) is 4.98 Å². The van der Waals surface area contributed by atoms with E-state index in [0.717, 1.165) is 21.8 Å². The summed E-state index contributed by atoms with van der Waals surface area (Å²) >= 11 is 1.61. The number of hydrogen-bond acceptors (Lipinski definition) is 3. The second kappa shape index (κ2) is 5.34. The number of hydrogen-bond donors (Lipinski definition) is 1. The van der Waals surface area contributed by atoms with E-state index in [4.69, 9.17) is 0 Å². The van der Waals surface area contributed by atoms with Crippen molar-refractivity contribution in [3.63, 3.8) is 0 Å². The third-order valence-corrected chi connectivity index (χ3v) is 3.37. The Labute approximate surface area is 106 Å². The van der Waals surface area contributed by atoms with Gasteiger partial charge in [-0.2, -0.15) is 0 Å². The fourth-order valence-electron chi connectivity index (χ4n) is 1.77. The molecule has 0 aliphatic heterocycles. The SMILES string of the molecule is CSc1ccc([C@H](O)c2ccccc2)c(C)n1. The van der Waals surface area contributed by atoms with Crippen LogP contribution < -0.4 is 0 Å². The van der Waals surface area contributed by atoms with Crippen LogP contribution in [-0.2, 0) is 0 Å². The van der Waals surface area contributed by atoms with Crippen LogP contribution in [0.15, 0.2) is 47.5 Å². The third-order valence-electron chi connectivity index (χ3n) is 2.72. The Hall–Kier alpha value is -1.32. The Morgan fingerprint density at radius 2 is 1.82 bits per heavy atom. The summed E-state index contributed by atoms with van der Waals surface area (Å²) in [6.45, 7) is 1.93. The zero-order valence-electron chi connectivity index (χ0n) is 9.92. The summed E-state index contributed by atoms with van der Waals surface area (Å²) in [5.74, 6) is 0. The number of nitrogens with zero attached hydrogens (tertiary/aromatic N) is 1. The Morgan fingerprint density at radius 1 is 1.12 bits per heavy atom. The highest BCUT2D eigenvalue weighted by molar-refractivity contribution is 7.98. The Balaban J connectivity index is 2.34. The molecule has 0 radical (unpaired) electrons. The standard InChI is InChI=1S/C14H15NOS/c1-10-12(8-9-13(15-10)17-2)14(16)11-6-4-3-5-7-11/h3-9,14,16H,1-2H3/t14-/m1/s1. The number of aromatic nitrogens is 1. The summed E-state index contributed by atoms with van der Waals surface area (Å²) in [7, 11) is 0. The zero-order chi connectivity index (χ0) is 12.3. The van der Waals surface area contributed by atoms with Crippen LogP contribution >= 0.6 is 11.8 Å². The number of benzene rings is 1. The molecule has 0 unspecified atom stereocenters. The normalized spacial score (nSPS) is 12.4. The van der Waals surface area contributed by atoms with E-state index < -0.39 is 6.10 Å². The first kappa shape index (κ1) is 12.1. The number of pyridine rings is 1. The summed E-state index contributed by atoms with van der Waals surface area (Å²) in [6.07, 6.45) is 1.40. The maximum absolute atomic E-state index is 10.3. The molecule has 0 saturated carbocycles. The lowest BCUT2D eigenvalue weighted by molar-refractivity contribution is 0.219. The average Bonchev–Trinajstić information content (AvgIpc) is 2.39. The van der Waals surface area contributed by atoms with Crippen molar-refractivity contribution in [2.75, 3.05) is 6.26 Å². The molecular weight excluding hydrogens is 230 g/mol. The lowest BCUT2D eigenvalue weighted by Crippen LogP contribution is -2.03. The van der Waals surface area contributed by atoms with Crippen molar-refractivity contribution in [3.05, 3.63) is 59.3 Å². The first-order chi connectivity index (χ1) is 8.22. The van der Waals surface area contributed by atoms with Gasteiger partial charge in [0, 0.05) is 11.3 Å². The molecule has 0 saturated heterocycles. The summed E-state index contributed by atoms with van der Waals surface area (Å²) in [4.78, 5) is 4.44. The lowest BCUT2D eigenvalue weighted by atomic mass is 10.0. The highest BCUT2D eigenvalue weighted by atomic mass is 32.2.